The molecule has 0 spiro atoms. The molecule has 162 valence electrons. The summed E-state index contributed by atoms with van der Waals surface area (Å²) in [4.78, 5) is 2.25. The van der Waals surface area contributed by atoms with Gasteiger partial charge in [0.25, 0.3) is 0 Å². The van der Waals surface area contributed by atoms with Gasteiger partial charge in [-0.15, -0.1) is 0 Å². The molecule has 0 atom stereocenters. The molecule has 1 aliphatic heterocycles. The number of piperazine rings is 1. The van der Waals surface area contributed by atoms with E-state index in [1.807, 2.05) is 12.1 Å². The van der Waals surface area contributed by atoms with Gasteiger partial charge < -0.3 is 10.3 Å². The topological polar surface area (TPSA) is 30.9 Å². The third kappa shape index (κ3) is 4.89. The van der Waals surface area contributed by atoms with Crippen LogP contribution in [0.5, 0.6) is 0 Å². The second-order valence-electron chi connectivity index (χ2n) is 7.00. The highest BCUT2D eigenvalue weighted by Crippen LogP contribution is 2.34. The molecule has 0 unspecified atom stereocenters. The van der Waals surface area contributed by atoms with Crippen LogP contribution in [-0.4, -0.2) is 49.5 Å². The number of benzene rings is 2. The fourth-order valence-electron chi connectivity index (χ4n) is 3.50. The second-order valence-corrected chi connectivity index (χ2v) is 7.88. The summed E-state index contributed by atoms with van der Waals surface area (Å²) in [6.07, 6.45) is -2.72. The minimum Gasteiger partial charge on any atom is -0.369 e. The van der Waals surface area contributed by atoms with Gasteiger partial charge in [0.2, 0.25) is 0 Å². The lowest BCUT2D eigenvalue weighted by molar-refractivity contribution is -0.140. The molecule has 0 radical (unpaired) electrons. The van der Waals surface area contributed by atoms with Crippen LogP contribution in [0.25, 0.3) is 0 Å². The second kappa shape index (κ2) is 9.26. The monoisotopic (exact) mass is 440 g/mol. The molecule has 1 heterocycles. The molecule has 1 aliphatic rings. The fraction of sp³-hybridized carbons (Fsp3) is 0.381. The van der Waals surface area contributed by atoms with Crippen molar-refractivity contribution in [1.82, 2.24) is 9.73 Å². The van der Waals surface area contributed by atoms with E-state index in [9.17, 15) is 17.6 Å². The van der Waals surface area contributed by atoms with E-state index in [1.54, 1.807) is 24.1 Å². The van der Waals surface area contributed by atoms with Gasteiger partial charge >= 0.3 is 6.18 Å². The molecule has 3 rings (SSSR count). The zero-order chi connectivity index (χ0) is 21.9. The minimum absolute atomic E-state index is 0.128. The Kier molecular flexibility index (Phi) is 6.92. The van der Waals surface area contributed by atoms with E-state index >= 15 is 0 Å². The van der Waals surface area contributed by atoms with Gasteiger partial charge in [-0.1, -0.05) is 24.1 Å². The third-order valence-corrected chi connectivity index (χ3v) is 5.89. The van der Waals surface area contributed by atoms with Crippen molar-refractivity contribution in [2.45, 2.75) is 13.1 Å². The number of halogens is 4. The SMILES string of the molecule is CN/N=C(\c1ccc(N2CCN(SC)CC2)cc1)c1cc(C)cc(C(F)(F)F)c1F. The van der Waals surface area contributed by atoms with Crippen LogP contribution in [-0.2, 0) is 6.18 Å². The molecule has 0 aromatic heterocycles. The van der Waals surface area contributed by atoms with Gasteiger partial charge in [-0.05, 0) is 43.0 Å². The van der Waals surface area contributed by atoms with E-state index in [4.69, 9.17) is 0 Å². The normalized spacial score (nSPS) is 16.1. The van der Waals surface area contributed by atoms with E-state index in [0.717, 1.165) is 37.9 Å². The highest BCUT2D eigenvalue weighted by molar-refractivity contribution is 7.96. The van der Waals surface area contributed by atoms with Crippen molar-refractivity contribution < 1.29 is 17.6 Å². The van der Waals surface area contributed by atoms with Crippen molar-refractivity contribution in [3.63, 3.8) is 0 Å². The summed E-state index contributed by atoms with van der Waals surface area (Å²) >= 11 is 1.73. The smallest absolute Gasteiger partial charge is 0.369 e. The van der Waals surface area contributed by atoms with Crippen LogP contribution in [0.1, 0.15) is 22.3 Å². The number of anilines is 1. The maximum atomic E-state index is 14.8. The molecular formula is C21H24F4N4S. The van der Waals surface area contributed by atoms with E-state index in [-0.39, 0.29) is 11.3 Å². The Balaban J connectivity index is 1.93. The first kappa shape index (κ1) is 22.4. The molecule has 9 heteroatoms. The number of hydrogen-bond acceptors (Lipinski definition) is 5. The Hall–Kier alpha value is -2.26. The molecule has 30 heavy (non-hydrogen) atoms. The predicted octanol–water partition coefficient (Wildman–Crippen LogP) is 4.52. The van der Waals surface area contributed by atoms with Crippen molar-refractivity contribution >= 4 is 23.3 Å². The van der Waals surface area contributed by atoms with E-state index in [0.29, 0.717) is 11.1 Å². The van der Waals surface area contributed by atoms with Crippen LogP contribution < -0.4 is 10.3 Å². The summed E-state index contributed by atoms with van der Waals surface area (Å²) in [5, 5.41) is 4.09. The molecule has 0 aliphatic carbocycles. The average Bonchev–Trinajstić information content (AvgIpc) is 2.73. The number of nitrogens with zero attached hydrogens (tertiary/aromatic N) is 3. The van der Waals surface area contributed by atoms with Crippen LogP contribution in [0.2, 0.25) is 0 Å². The van der Waals surface area contributed by atoms with Crippen molar-refractivity contribution in [3.05, 3.63) is 64.5 Å². The van der Waals surface area contributed by atoms with Gasteiger partial charge in [-0.25, -0.2) is 8.70 Å². The zero-order valence-corrected chi connectivity index (χ0v) is 17.9. The van der Waals surface area contributed by atoms with E-state index in [1.165, 1.54) is 20.0 Å². The molecule has 0 saturated carbocycles. The summed E-state index contributed by atoms with van der Waals surface area (Å²) in [6, 6.07) is 9.52. The average molecular weight is 441 g/mol. The Morgan fingerprint density at radius 1 is 1.07 bits per heavy atom. The lowest BCUT2D eigenvalue weighted by atomic mass is 9.97. The molecule has 4 nitrogen and oxygen atoms in total. The maximum absolute atomic E-state index is 14.8. The van der Waals surface area contributed by atoms with Gasteiger partial charge in [0, 0.05) is 50.0 Å². The van der Waals surface area contributed by atoms with Crippen LogP contribution in [0, 0.1) is 12.7 Å². The van der Waals surface area contributed by atoms with Crippen LogP contribution in [0.4, 0.5) is 23.2 Å². The van der Waals surface area contributed by atoms with Crippen LogP contribution in [0.3, 0.4) is 0 Å². The molecule has 2 aromatic rings. The number of hydrazone groups is 1. The quantitative estimate of drug-likeness (QED) is 0.321. The van der Waals surface area contributed by atoms with Crippen LogP contribution >= 0.6 is 11.9 Å². The van der Waals surface area contributed by atoms with Gasteiger partial charge in [0.05, 0.1) is 5.56 Å². The Labute approximate surface area is 178 Å². The Morgan fingerprint density at radius 3 is 2.23 bits per heavy atom. The van der Waals surface area contributed by atoms with E-state index in [2.05, 4.69) is 26.0 Å². The first-order valence-electron chi connectivity index (χ1n) is 9.51. The van der Waals surface area contributed by atoms with Crippen molar-refractivity contribution in [2.24, 2.45) is 5.10 Å². The summed E-state index contributed by atoms with van der Waals surface area (Å²) in [7, 11) is 1.53. The summed E-state index contributed by atoms with van der Waals surface area (Å²) in [5.41, 5.74) is 3.10. The lowest BCUT2D eigenvalue weighted by Crippen LogP contribution is -2.43. The number of aryl methyl sites for hydroxylation is 1. The highest BCUT2D eigenvalue weighted by atomic mass is 32.2. The van der Waals surface area contributed by atoms with Crippen molar-refractivity contribution in [2.75, 3.05) is 44.4 Å². The Bertz CT molecular complexity index is 904. The zero-order valence-electron chi connectivity index (χ0n) is 17.1. The van der Waals surface area contributed by atoms with E-state index < -0.39 is 17.6 Å². The van der Waals surface area contributed by atoms with Gasteiger partial charge in [-0.3, -0.25) is 0 Å². The first-order chi connectivity index (χ1) is 14.2. The highest BCUT2D eigenvalue weighted by Gasteiger charge is 2.36. The molecule has 0 bridgehead atoms. The van der Waals surface area contributed by atoms with Crippen molar-refractivity contribution in [3.8, 4) is 0 Å². The number of rotatable bonds is 5. The summed E-state index contributed by atoms with van der Waals surface area (Å²) in [6.45, 7) is 5.18. The van der Waals surface area contributed by atoms with Gasteiger partial charge in [-0.2, -0.15) is 18.3 Å². The molecular weight excluding hydrogens is 416 g/mol. The van der Waals surface area contributed by atoms with Crippen LogP contribution in [0.15, 0.2) is 41.5 Å². The first-order valence-corrected chi connectivity index (χ1v) is 10.7. The lowest BCUT2D eigenvalue weighted by Gasteiger charge is -2.34. The maximum Gasteiger partial charge on any atom is 0.419 e. The van der Waals surface area contributed by atoms with Gasteiger partial charge in [0.15, 0.2) is 0 Å². The standard InChI is InChI=1S/C21H24F4N4S/c1-14-12-17(19(22)18(13-14)21(23,24)25)20(27-26-2)15-4-6-16(7-5-15)28-8-10-29(30-3)11-9-28/h4-7,12-13,26H,8-11H2,1-3H3/b27-20+. The number of hydrogen-bond donors (Lipinski definition) is 1. The molecule has 0 amide bonds. The van der Waals surface area contributed by atoms with Gasteiger partial charge in [0.1, 0.15) is 11.5 Å². The third-order valence-electron chi connectivity index (χ3n) is 5.00. The largest absolute Gasteiger partial charge is 0.419 e. The number of nitrogens with one attached hydrogen (secondary N) is 1. The van der Waals surface area contributed by atoms with Crippen molar-refractivity contribution in [1.29, 1.82) is 0 Å². The summed E-state index contributed by atoms with van der Waals surface area (Å²) < 4.78 is 56.9. The fourth-order valence-corrected chi connectivity index (χ4v) is 4.03. The minimum atomic E-state index is -4.78. The Morgan fingerprint density at radius 2 is 1.70 bits per heavy atom. The predicted molar refractivity (Wildman–Crippen MR) is 115 cm³/mol. The molecule has 1 N–H and O–H groups in total. The number of alkyl halides is 3. The molecule has 2 aromatic carbocycles. The molecule has 1 fully saturated rings. The summed E-state index contributed by atoms with van der Waals surface area (Å²) in [5.74, 6) is -1.32. The molecule has 1 saturated heterocycles.